The molecule has 3 rings (SSSR count). The average molecular weight is 323 g/mol. The van der Waals surface area contributed by atoms with E-state index in [0.717, 1.165) is 5.56 Å². The predicted octanol–water partition coefficient (Wildman–Crippen LogP) is 1.67. The normalized spacial score (nSPS) is 16.6. The van der Waals surface area contributed by atoms with Crippen molar-refractivity contribution in [2.75, 3.05) is 26.2 Å². The third kappa shape index (κ3) is 3.46. The quantitative estimate of drug-likeness (QED) is 0.931. The lowest BCUT2D eigenvalue weighted by molar-refractivity contribution is -0.124. The Morgan fingerprint density at radius 2 is 1.38 bits per heavy atom. The van der Waals surface area contributed by atoms with Gasteiger partial charge in [-0.25, -0.2) is 0 Å². The summed E-state index contributed by atoms with van der Waals surface area (Å²) in [6.45, 7) is 2.43. The maximum atomic E-state index is 12.5. The highest BCUT2D eigenvalue weighted by atomic mass is 16.2. The van der Waals surface area contributed by atoms with Gasteiger partial charge in [-0.15, -0.1) is 0 Å². The molecular weight excluding hydrogens is 302 g/mol. The highest BCUT2D eigenvalue weighted by molar-refractivity contribution is 5.94. The van der Waals surface area contributed by atoms with Crippen LogP contribution < -0.4 is 5.73 Å². The largest absolute Gasteiger partial charge is 0.368 e. The summed E-state index contributed by atoms with van der Waals surface area (Å²) < 4.78 is 0. The summed E-state index contributed by atoms with van der Waals surface area (Å²) in [4.78, 5) is 28.3. The van der Waals surface area contributed by atoms with Gasteiger partial charge in [0.1, 0.15) is 6.04 Å². The molecule has 1 aliphatic heterocycles. The number of primary amides is 1. The van der Waals surface area contributed by atoms with Gasteiger partial charge in [-0.3, -0.25) is 14.5 Å². The van der Waals surface area contributed by atoms with Gasteiger partial charge in [-0.1, -0.05) is 48.5 Å². The van der Waals surface area contributed by atoms with Gasteiger partial charge in [-0.2, -0.15) is 0 Å². The third-order valence-corrected chi connectivity index (χ3v) is 4.37. The Hall–Kier alpha value is -2.66. The molecule has 2 aromatic carbocycles. The van der Waals surface area contributed by atoms with Crippen LogP contribution in [-0.2, 0) is 4.79 Å². The highest BCUT2D eigenvalue weighted by Crippen LogP contribution is 2.22. The maximum absolute atomic E-state index is 12.5. The second kappa shape index (κ2) is 7.27. The molecular formula is C19H21N3O2. The molecule has 5 nitrogen and oxygen atoms in total. The number of nitrogens with zero attached hydrogens (tertiary/aromatic N) is 2. The molecule has 0 spiro atoms. The van der Waals surface area contributed by atoms with Crippen LogP contribution in [0, 0.1) is 0 Å². The molecule has 1 atom stereocenters. The molecule has 0 saturated carbocycles. The van der Waals surface area contributed by atoms with Crippen LogP contribution in [0.15, 0.2) is 60.7 Å². The summed E-state index contributed by atoms with van der Waals surface area (Å²) in [5.41, 5.74) is 7.21. The zero-order valence-electron chi connectivity index (χ0n) is 13.5. The SMILES string of the molecule is NC(=O)[C@@H](c1ccccc1)N1CCN(C(=O)c2ccccc2)CC1. The van der Waals surface area contributed by atoms with E-state index in [9.17, 15) is 9.59 Å². The molecule has 1 heterocycles. The van der Waals surface area contributed by atoms with Crippen molar-refractivity contribution >= 4 is 11.8 Å². The van der Waals surface area contributed by atoms with Gasteiger partial charge in [0.05, 0.1) is 0 Å². The molecule has 0 bridgehead atoms. The topological polar surface area (TPSA) is 66.6 Å². The first kappa shape index (κ1) is 16.2. The number of amides is 2. The molecule has 1 saturated heterocycles. The van der Waals surface area contributed by atoms with Crippen LogP contribution in [0.25, 0.3) is 0 Å². The van der Waals surface area contributed by atoms with Gasteiger partial charge in [0.15, 0.2) is 0 Å². The minimum absolute atomic E-state index is 0.0330. The summed E-state index contributed by atoms with van der Waals surface area (Å²) in [6, 6.07) is 18.4. The highest BCUT2D eigenvalue weighted by Gasteiger charge is 2.30. The Morgan fingerprint density at radius 1 is 0.833 bits per heavy atom. The van der Waals surface area contributed by atoms with Crippen LogP contribution >= 0.6 is 0 Å². The molecule has 0 unspecified atom stereocenters. The van der Waals surface area contributed by atoms with Crippen LogP contribution in [0.3, 0.4) is 0 Å². The number of nitrogens with two attached hydrogens (primary N) is 1. The van der Waals surface area contributed by atoms with Crippen LogP contribution in [0.5, 0.6) is 0 Å². The molecule has 5 heteroatoms. The number of carbonyl (C=O) groups is 2. The average Bonchev–Trinajstić information content (AvgIpc) is 2.63. The number of carbonyl (C=O) groups excluding carboxylic acids is 2. The van der Waals surface area contributed by atoms with Crippen molar-refractivity contribution in [2.24, 2.45) is 5.73 Å². The molecule has 0 aliphatic carbocycles. The zero-order chi connectivity index (χ0) is 16.9. The third-order valence-electron chi connectivity index (χ3n) is 4.37. The first-order valence-electron chi connectivity index (χ1n) is 8.09. The van der Waals surface area contributed by atoms with Crippen molar-refractivity contribution in [1.29, 1.82) is 0 Å². The Bertz CT molecular complexity index is 695. The van der Waals surface area contributed by atoms with E-state index in [4.69, 9.17) is 5.73 Å². The molecule has 1 aliphatic rings. The van der Waals surface area contributed by atoms with Gasteiger partial charge in [0.25, 0.3) is 5.91 Å². The molecule has 0 radical (unpaired) electrons. The molecule has 124 valence electrons. The molecule has 24 heavy (non-hydrogen) atoms. The lowest BCUT2D eigenvalue weighted by Gasteiger charge is -2.38. The van der Waals surface area contributed by atoms with Crippen molar-refractivity contribution in [2.45, 2.75) is 6.04 Å². The van der Waals surface area contributed by atoms with Gasteiger partial charge in [0.2, 0.25) is 5.91 Å². The van der Waals surface area contributed by atoms with E-state index in [0.29, 0.717) is 31.7 Å². The minimum Gasteiger partial charge on any atom is -0.368 e. The summed E-state index contributed by atoms with van der Waals surface area (Å²) in [6.07, 6.45) is 0. The summed E-state index contributed by atoms with van der Waals surface area (Å²) >= 11 is 0. The van der Waals surface area contributed by atoms with Crippen molar-refractivity contribution < 1.29 is 9.59 Å². The Kier molecular flexibility index (Phi) is 4.91. The van der Waals surface area contributed by atoms with Crippen LogP contribution in [0.1, 0.15) is 22.0 Å². The summed E-state index contributed by atoms with van der Waals surface area (Å²) in [5, 5.41) is 0. The fourth-order valence-electron chi connectivity index (χ4n) is 3.14. The smallest absolute Gasteiger partial charge is 0.253 e. The van der Waals surface area contributed by atoms with Crippen molar-refractivity contribution in [3.63, 3.8) is 0 Å². The summed E-state index contributed by atoms with van der Waals surface area (Å²) in [7, 11) is 0. The van der Waals surface area contributed by atoms with E-state index in [2.05, 4.69) is 0 Å². The van der Waals surface area contributed by atoms with Gasteiger partial charge in [-0.05, 0) is 17.7 Å². The Labute approximate surface area is 141 Å². The number of benzene rings is 2. The van der Waals surface area contributed by atoms with E-state index in [1.165, 1.54) is 0 Å². The number of piperazine rings is 1. The molecule has 0 aromatic heterocycles. The van der Waals surface area contributed by atoms with Crippen molar-refractivity contribution in [1.82, 2.24) is 9.80 Å². The van der Waals surface area contributed by atoms with Crippen molar-refractivity contribution in [3.8, 4) is 0 Å². The Morgan fingerprint density at radius 3 is 1.92 bits per heavy atom. The predicted molar refractivity (Wildman–Crippen MR) is 92.3 cm³/mol. The van der Waals surface area contributed by atoms with E-state index in [1.54, 1.807) is 0 Å². The first-order chi connectivity index (χ1) is 11.7. The molecule has 2 N–H and O–H groups in total. The van der Waals surface area contributed by atoms with Crippen LogP contribution in [0.2, 0.25) is 0 Å². The fraction of sp³-hybridized carbons (Fsp3) is 0.263. The zero-order valence-corrected chi connectivity index (χ0v) is 13.5. The summed E-state index contributed by atoms with van der Waals surface area (Å²) in [5.74, 6) is -0.324. The number of rotatable bonds is 4. The number of hydrogen-bond acceptors (Lipinski definition) is 3. The van der Waals surface area contributed by atoms with Gasteiger partial charge < -0.3 is 10.6 Å². The second-order valence-corrected chi connectivity index (χ2v) is 5.91. The maximum Gasteiger partial charge on any atom is 0.253 e. The van der Waals surface area contributed by atoms with Crippen LogP contribution in [-0.4, -0.2) is 47.8 Å². The van der Waals surface area contributed by atoms with E-state index in [1.807, 2.05) is 70.5 Å². The Balaban J connectivity index is 1.68. The molecule has 2 amide bonds. The fourth-order valence-corrected chi connectivity index (χ4v) is 3.14. The lowest BCUT2D eigenvalue weighted by Crippen LogP contribution is -2.51. The van der Waals surface area contributed by atoms with E-state index in [-0.39, 0.29) is 11.8 Å². The van der Waals surface area contributed by atoms with E-state index >= 15 is 0 Å². The molecule has 1 fully saturated rings. The second-order valence-electron chi connectivity index (χ2n) is 5.91. The van der Waals surface area contributed by atoms with E-state index < -0.39 is 6.04 Å². The lowest BCUT2D eigenvalue weighted by atomic mass is 10.0. The van der Waals surface area contributed by atoms with Crippen molar-refractivity contribution in [3.05, 3.63) is 71.8 Å². The van der Waals surface area contributed by atoms with Crippen LogP contribution in [0.4, 0.5) is 0 Å². The van der Waals surface area contributed by atoms with Gasteiger partial charge in [0, 0.05) is 31.7 Å². The van der Waals surface area contributed by atoms with Gasteiger partial charge >= 0.3 is 0 Å². The number of hydrogen-bond donors (Lipinski definition) is 1. The molecule has 2 aromatic rings. The minimum atomic E-state index is -0.444. The first-order valence-corrected chi connectivity index (χ1v) is 8.09. The standard InChI is InChI=1S/C19H21N3O2/c20-18(23)17(15-7-3-1-4-8-15)21-11-13-22(14-12-21)19(24)16-9-5-2-6-10-16/h1-10,17H,11-14H2,(H2,20,23)/t17-/m1/s1. The monoisotopic (exact) mass is 323 g/mol.